The summed E-state index contributed by atoms with van der Waals surface area (Å²) in [5.41, 5.74) is -0.217. The van der Waals surface area contributed by atoms with Gasteiger partial charge in [-0.25, -0.2) is 0 Å². The fourth-order valence-corrected chi connectivity index (χ4v) is 2.30. The van der Waals surface area contributed by atoms with Crippen LogP contribution in [0.3, 0.4) is 0 Å². The predicted molar refractivity (Wildman–Crippen MR) is 62.7 cm³/mol. The normalized spacial score (nSPS) is 24.1. The van der Waals surface area contributed by atoms with Crippen LogP contribution in [0.1, 0.15) is 33.1 Å². The summed E-state index contributed by atoms with van der Waals surface area (Å²) in [7, 11) is 0. The zero-order chi connectivity index (χ0) is 12.0. The molecule has 1 fully saturated rings. The molecule has 0 saturated carbocycles. The van der Waals surface area contributed by atoms with Gasteiger partial charge in [0.15, 0.2) is 0 Å². The second kappa shape index (κ2) is 5.86. The first kappa shape index (κ1) is 13.0. The molecule has 0 spiro atoms. The van der Waals surface area contributed by atoms with Crippen molar-refractivity contribution in [2.24, 2.45) is 5.41 Å². The smallest absolute Gasteiger partial charge is 0.230 e. The molecule has 1 unspecified atom stereocenters. The first-order chi connectivity index (χ1) is 7.70. The summed E-state index contributed by atoms with van der Waals surface area (Å²) in [6, 6.07) is 2.10. The van der Waals surface area contributed by atoms with Crippen molar-refractivity contribution in [2.75, 3.05) is 26.2 Å². The molecule has 1 atom stereocenters. The van der Waals surface area contributed by atoms with Crippen molar-refractivity contribution < 1.29 is 4.79 Å². The van der Waals surface area contributed by atoms with Crippen molar-refractivity contribution >= 4 is 5.91 Å². The number of carbonyl (C=O) groups is 1. The average molecular weight is 223 g/mol. The molecule has 0 radical (unpaired) electrons. The number of nitrogens with zero attached hydrogens (tertiary/aromatic N) is 2. The second-order valence-corrected chi connectivity index (χ2v) is 4.35. The lowest BCUT2D eigenvalue weighted by Gasteiger charge is -2.32. The molecule has 0 aromatic rings. The summed E-state index contributed by atoms with van der Waals surface area (Å²) < 4.78 is 0. The molecule has 0 aromatic carbocycles. The van der Waals surface area contributed by atoms with Gasteiger partial charge in [-0.15, -0.1) is 0 Å². The molecule has 1 aliphatic heterocycles. The summed E-state index contributed by atoms with van der Waals surface area (Å²) in [5.74, 6) is 0.220. The van der Waals surface area contributed by atoms with Crippen LogP contribution in [0.2, 0.25) is 0 Å². The standard InChI is InChI=1S/C12H21N3O/c1-3-12(6-8-14-10-12)11(16)15(4-2)9-5-7-13/h14H,3-6,8-10H2,1-2H3. The zero-order valence-corrected chi connectivity index (χ0v) is 10.3. The molecular formula is C12H21N3O. The van der Waals surface area contributed by atoms with Gasteiger partial charge in [-0.1, -0.05) is 6.92 Å². The minimum absolute atomic E-state index is 0.217. The molecule has 1 rings (SSSR count). The van der Waals surface area contributed by atoms with Crippen molar-refractivity contribution in [3.63, 3.8) is 0 Å². The van der Waals surface area contributed by atoms with Gasteiger partial charge in [0, 0.05) is 19.6 Å². The Kier molecular flexibility index (Phi) is 4.75. The Bertz CT molecular complexity index is 276. The Hall–Kier alpha value is -1.08. The van der Waals surface area contributed by atoms with Crippen LogP contribution in [0.4, 0.5) is 0 Å². The van der Waals surface area contributed by atoms with Crippen molar-refractivity contribution in [1.29, 1.82) is 5.26 Å². The Morgan fingerprint density at radius 1 is 1.56 bits per heavy atom. The summed E-state index contributed by atoms with van der Waals surface area (Å²) in [5, 5.41) is 11.8. The second-order valence-electron chi connectivity index (χ2n) is 4.35. The molecule has 16 heavy (non-hydrogen) atoms. The summed E-state index contributed by atoms with van der Waals surface area (Å²) in [6.45, 7) is 7.01. The SMILES string of the molecule is CCN(CCC#N)C(=O)C1(CC)CCNC1. The van der Waals surface area contributed by atoms with Crippen molar-refractivity contribution in [2.45, 2.75) is 33.1 Å². The van der Waals surface area contributed by atoms with Gasteiger partial charge in [0.2, 0.25) is 5.91 Å². The lowest BCUT2D eigenvalue weighted by molar-refractivity contribution is -0.141. The molecule has 0 aromatic heterocycles. The van der Waals surface area contributed by atoms with Crippen LogP contribution in [0.25, 0.3) is 0 Å². The lowest BCUT2D eigenvalue weighted by atomic mass is 9.82. The van der Waals surface area contributed by atoms with E-state index in [2.05, 4.69) is 18.3 Å². The van der Waals surface area contributed by atoms with E-state index in [1.54, 1.807) is 0 Å². The van der Waals surface area contributed by atoms with E-state index >= 15 is 0 Å². The molecule has 1 amide bonds. The Morgan fingerprint density at radius 2 is 2.31 bits per heavy atom. The van der Waals surface area contributed by atoms with Crippen molar-refractivity contribution in [1.82, 2.24) is 10.2 Å². The third-order valence-electron chi connectivity index (χ3n) is 3.54. The highest BCUT2D eigenvalue weighted by molar-refractivity contribution is 5.83. The van der Waals surface area contributed by atoms with Gasteiger partial charge in [-0.05, 0) is 26.3 Å². The van der Waals surface area contributed by atoms with Gasteiger partial charge in [-0.2, -0.15) is 5.26 Å². The highest BCUT2D eigenvalue weighted by Gasteiger charge is 2.41. The van der Waals surface area contributed by atoms with Crippen LogP contribution in [-0.2, 0) is 4.79 Å². The van der Waals surface area contributed by atoms with E-state index in [4.69, 9.17) is 5.26 Å². The Balaban J connectivity index is 2.69. The molecule has 0 bridgehead atoms. The summed E-state index contributed by atoms with van der Waals surface area (Å²) >= 11 is 0. The Morgan fingerprint density at radius 3 is 2.75 bits per heavy atom. The van der Waals surface area contributed by atoms with Gasteiger partial charge >= 0.3 is 0 Å². The van der Waals surface area contributed by atoms with Crippen molar-refractivity contribution in [3.05, 3.63) is 0 Å². The van der Waals surface area contributed by atoms with Gasteiger partial charge < -0.3 is 10.2 Å². The quantitative estimate of drug-likeness (QED) is 0.760. The third kappa shape index (κ3) is 2.53. The number of nitriles is 1. The van der Waals surface area contributed by atoms with Crippen LogP contribution in [0.5, 0.6) is 0 Å². The highest BCUT2D eigenvalue weighted by atomic mass is 16.2. The lowest BCUT2D eigenvalue weighted by Crippen LogP contribution is -2.45. The number of carbonyl (C=O) groups excluding carboxylic acids is 1. The first-order valence-corrected chi connectivity index (χ1v) is 6.07. The average Bonchev–Trinajstić information content (AvgIpc) is 2.79. The molecule has 1 heterocycles. The highest BCUT2D eigenvalue weighted by Crippen LogP contribution is 2.31. The maximum atomic E-state index is 12.4. The first-order valence-electron chi connectivity index (χ1n) is 6.07. The topological polar surface area (TPSA) is 56.1 Å². The number of amides is 1. The van der Waals surface area contributed by atoms with Crippen LogP contribution in [0.15, 0.2) is 0 Å². The number of hydrogen-bond acceptors (Lipinski definition) is 3. The fraction of sp³-hybridized carbons (Fsp3) is 0.833. The van der Waals surface area contributed by atoms with Gasteiger partial charge in [-0.3, -0.25) is 4.79 Å². The maximum absolute atomic E-state index is 12.4. The largest absolute Gasteiger partial charge is 0.341 e. The van der Waals surface area contributed by atoms with Crippen molar-refractivity contribution in [3.8, 4) is 6.07 Å². The van der Waals surface area contributed by atoms with E-state index in [0.29, 0.717) is 19.5 Å². The van der Waals surface area contributed by atoms with E-state index in [-0.39, 0.29) is 11.3 Å². The molecular weight excluding hydrogens is 202 g/mol. The zero-order valence-electron chi connectivity index (χ0n) is 10.3. The molecule has 4 heteroatoms. The monoisotopic (exact) mass is 223 g/mol. The molecule has 1 saturated heterocycles. The van der Waals surface area contributed by atoms with Crippen LogP contribution in [-0.4, -0.2) is 37.0 Å². The van der Waals surface area contributed by atoms with E-state index < -0.39 is 0 Å². The molecule has 90 valence electrons. The van der Waals surface area contributed by atoms with Crippen LogP contribution in [0, 0.1) is 16.7 Å². The molecule has 1 aliphatic rings. The Labute approximate surface area is 97.6 Å². The van der Waals surface area contributed by atoms with E-state index in [1.165, 1.54) is 0 Å². The van der Waals surface area contributed by atoms with E-state index in [0.717, 1.165) is 25.9 Å². The van der Waals surface area contributed by atoms with Gasteiger partial charge in [0.25, 0.3) is 0 Å². The molecule has 0 aliphatic carbocycles. The molecule has 4 nitrogen and oxygen atoms in total. The van der Waals surface area contributed by atoms with Gasteiger partial charge in [0.1, 0.15) is 0 Å². The predicted octanol–water partition coefficient (Wildman–Crippen LogP) is 1.14. The van der Waals surface area contributed by atoms with Gasteiger partial charge in [0.05, 0.1) is 17.9 Å². The minimum Gasteiger partial charge on any atom is -0.341 e. The number of nitrogens with one attached hydrogen (secondary N) is 1. The number of rotatable bonds is 5. The van der Waals surface area contributed by atoms with E-state index in [1.807, 2.05) is 11.8 Å². The minimum atomic E-state index is -0.217. The maximum Gasteiger partial charge on any atom is 0.230 e. The molecule has 1 N–H and O–H groups in total. The summed E-state index contributed by atoms with van der Waals surface area (Å²) in [4.78, 5) is 14.2. The summed E-state index contributed by atoms with van der Waals surface area (Å²) in [6.07, 6.45) is 2.22. The number of hydrogen-bond donors (Lipinski definition) is 1. The van der Waals surface area contributed by atoms with Crippen LogP contribution < -0.4 is 5.32 Å². The van der Waals surface area contributed by atoms with E-state index in [9.17, 15) is 4.79 Å². The fourth-order valence-electron chi connectivity index (χ4n) is 2.30. The third-order valence-corrected chi connectivity index (χ3v) is 3.54. The van der Waals surface area contributed by atoms with Crippen LogP contribution >= 0.6 is 0 Å².